The lowest BCUT2D eigenvalue weighted by Crippen LogP contribution is -2.44. The molecule has 9 heteroatoms. The standard InChI is InChI=1S/C24H23N3O5S/c28-22-11-10-19(26-27(22)18-12-13-33(30,31)15-18)24(29)25-23(16-6-2-1-3-7-16)21-14-17-8-4-5-9-20(17)32-21/h1-9,14,18,23H,10-13,15H2,(H,25,29). The van der Waals surface area contributed by atoms with Gasteiger partial charge in [-0.15, -0.1) is 0 Å². The van der Waals surface area contributed by atoms with Crippen molar-refractivity contribution in [2.24, 2.45) is 5.10 Å². The molecule has 2 unspecified atom stereocenters. The van der Waals surface area contributed by atoms with Gasteiger partial charge in [0.25, 0.3) is 5.91 Å². The minimum absolute atomic E-state index is 0.0284. The Balaban J connectivity index is 1.43. The molecule has 2 amide bonds. The molecule has 1 saturated heterocycles. The van der Waals surface area contributed by atoms with Crippen LogP contribution in [0.15, 0.2) is 70.2 Å². The zero-order chi connectivity index (χ0) is 23.0. The summed E-state index contributed by atoms with van der Waals surface area (Å²) in [6.07, 6.45) is 0.643. The molecule has 2 aromatic carbocycles. The van der Waals surface area contributed by atoms with Crippen molar-refractivity contribution >= 4 is 38.3 Å². The van der Waals surface area contributed by atoms with E-state index in [0.717, 1.165) is 16.5 Å². The number of nitrogens with zero attached hydrogens (tertiary/aromatic N) is 2. The van der Waals surface area contributed by atoms with Crippen LogP contribution in [-0.2, 0) is 19.4 Å². The van der Waals surface area contributed by atoms with Crippen LogP contribution in [0, 0.1) is 0 Å². The molecule has 2 aliphatic rings. The molecule has 5 rings (SSSR count). The van der Waals surface area contributed by atoms with Crippen molar-refractivity contribution in [1.82, 2.24) is 10.3 Å². The molecule has 2 aliphatic heterocycles. The molecule has 3 aromatic rings. The number of nitrogens with one attached hydrogen (secondary N) is 1. The molecule has 0 saturated carbocycles. The van der Waals surface area contributed by atoms with E-state index in [9.17, 15) is 18.0 Å². The molecule has 1 N–H and O–H groups in total. The average Bonchev–Trinajstić information content (AvgIpc) is 3.41. The van der Waals surface area contributed by atoms with Gasteiger partial charge >= 0.3 is 0 Å². The Morgan fingerprint density at radius 2 is 1.85 bits per heavy atom. The lowest BCUT2D eigenvalue weighted by Gasteiger charge is -2.28. The maximum absolute atomic E-state index is 13.2. The van der Waals surface area contributed by atoms with Crippen molar-refractivity contribution in [3.63, 3.8) is 0 Å². The molecule has 0 bridgehead atoms. The summed E-state index contributed by atoms with van der Waals surface area (Å²) in [5.41, 5.74) is 1.77. The van der Waals surface area contributed by atoms with E-state index in [1.807, 2.05) is 60.7 Å². The van der Waals surface area contributed by atoms with Gasteiger partial charge in [-0.25, -0.2) is 13.4 Å². The van der Waals surface area contributed by atoms with Gasteiger partial charge in [-0.2, -0.15) is 5.10 Å². The molecular weight excluding hydrogens is 442 g/mol. The van der Waals surface area contributed by atoms with Crippen LogP contribution in [-0.4, -0.2) is 48.5 Å². The summed E-state index contributed by atoms with van der Waals surface area (Å²) in [6.45, 7) is 0. The highest BCUT2D eigenvalue weighted by Crippen LogP contribution is 2.29. The van der Waals surface area contributed by atoms with Gasteiger partial charge in [-0.05, 0) is 24.1 Å². The summed E-state index contributed by atoms with van der Waals surface area (Å²) in [6, 6.07) is 17.9. The molecule has 170 valence electrons. The molecule has 33 heavy (non-hydrogen) atoms. The van der Waals surface area contributed by atoms with Crippen molar-refractivity contribution in [2.75, 3.05) is 11.5 Å². The fourth-order valence-electron chi connectivity index (χ4n) is 4.31. The van der Waals surface area contributed by atoms with E-state index in [-0.39, 0.29) is 36.0 Å². The fourth-order valence-corrected chi connectivity index (χ4v) is 6.00. The van der Waals surface area contributed by atoms with Gasteiger partial charge in [0.05, 0.1) is 17.5 Å². The monoisotopic (exact) mass is 465 g/mol. The molecule has 0 spiro atoms. The number of hydrogen-bond acceptors (Lipinski definition) is 6. The van der Waals surface area contributed by atoms with Crippen LogP contribution in [0.4, 0.5) is 0 Å². The molecular formula is C24H23N3O5S. The Labute approximate surface area is 191 Å². The smallest absolute Gasteiger partial charge is 0.268 e. The first-order valence-electron chi connectivity index (χ1n) is 10.8. The first kappa shape index (κ1) is 21.4. The summed E-state index contributed by atoms with van der Waals surface area (Å²) in [7, 11) is -3.19. The Bertz CT molecular complexity index is 1310. The molecule has 0 radical (unpaired) electrons. The molecule has 8 nitrogen and oxygen atoms in total. The Morgan fingerprint density at radius 1 is 1.09 bits per heavy atom. The molecule has 1 aromatic heterocycles. The van der Waals surface area contributed by atoms with Crippen LogP contribution in [0.5, 0.6) is 0 Å². The lowest BCUT2D eigenvalue weighted by atomic mass is 10.0. The van der Waals surface area contributed by atoms with Gasteiger partial charge in [-0.1, -0.05) is 48.5 Å². The highest BCUT2D eigenvalue weighted by molar-refractivity contribution is 7.91. The van der Waals surface area contributed by atoms with Crippen molar-refractivity contribution in [1.29, 1.82) is 0 Å². The number of para-hydroxylation sites is 1. The average molecular weight is 466 g/mol. The number of amides is 2. The highest BCUT2D eigenvalue weighted by Gasteiger charge is 2.37. The zero-order valence-corrected chi connectivity index (χ0v) is 18.6. The number of furan rings is 1. The van der Waals surface area contributed by atoms with E-state index in [0.29, 0.717) is 12.2 Å². The van der Waals surface area contributed by atoms with E-state index in [2.05, 4.69) is 10.4 Å². The fraction of sp³-hybridized carbons (Fsp3) is 0.292. The van der Waals surface area contributed by atoms with Crippen LogP contribution in [0.1, 0.15) is 36.6 Å². The number of rotatable bonds is 5. The minimum atomic E-state index is -3.19. The number of fused-ring (bicyclic) bond motifs is 1. The van der Waals surface area contributed by atoms with Crippen LogP contribution in [0.25, 0.3) is 11.0 Å². The summed E-state index contributed by atoms with van der Waals surface area (Å²) in [5, 5.41) is 9.41. The van der Waals surface area contributed by atoms with E-state index in [1.54, 1.807) is 0 Å². The SMILES string of the molecule is O=C(NC(c1ccccc1)c1cc2ccccc2o1)C1=NN(C2CCS(=O)(=O)C2)C(=O)CC1. The van der Waals surface area contributed by atoms with Crippen molar-refractivity contribution in [3.05, 3.63) is 72.0 Å². The number of benzene rings is 2. The highest BCUT2D eigenvalue weighted by atomic mass is 32.2. The summed E-state index contributed by atoms with van der Waals surface area (Å²) in [4.78, 5) is 25.6. The molecule has 2 atom stereocenters. The van der Waals surface area contributed by atoms with Gasteiger partial charge in [0.15, 0.2) is 9.84 Å². The number of hydrazone groups is 1. The second-order valence-corrected chi connectivity index (χ2v) is 10.6. The predicted molar refractivity (Wildman–Crippen MR) is 123 cm³/mol. The molecule has 1 fully saturated rings. The van der Waals surface area contributed by atoms with Gasteiger partial charge < -0.3 is 9.73 Å². The Morgan fingerprint density at radius 3 is 2.58 bits per heavy atom. The molecule has 3 heterocycles. The van der Waals surface area contributed by atoms with Crippen LogP contribution in [0.2, 0.25) is 0 Å². The zero-order valence-electron chi connectivity index (χ0n) is 17.8. The summed E-state index contributed by atoms with van der Waals surface area (Å²) in [5.74, 6) is -0.182. The first-order chi connectivity index (χ1) is 15.9. The number of carbonyl (C=O) groups excluding carboxylic acids is 2. The van der Waals surface area contributed by atoms with E-state index in [1.165, 1.54) is 5.01 Å². The second-order valence-electron chi connectivity index (χ2n) is 8.35. The normalized spacial score (nSPS) is 21.1. The van der Waals surface area contributed by atoms with Gasteiger partial charge in [0, 0.05) is 18.2 Å². The first-order valence-corrected chi connectivity index (χ1v) is 12.7. The van der Waals surface area contributed by atoms with Crippen molar-refractivity contribution in [2.45, 2.75) is 31.3 Å². The third-order valence-electron chi connectivity index (χ3n) is 6.01. The quantitative estimate of drug-likeness (QED) is 0.623. The van der Waals surface area contributed by atoms with Crippen LogP contribution in [0.3, 0.4) is 0 Å². The van der Waals surface area contributed by atoms with Crippen molar-refractivity contribution in [3.8, 4) is 0 Å². The number of carbonyl (C=O) groups is 2. The van der Waals surface area contributed by atoms with Crippen LogP contribution < -0.4 is 5.32 Å². The summed E-state index contributed by atoms with van der Waals surface area (Å²) < 4.78 is 29.8. The van der Waals surface area contributed by atoms with Crippen molar-refractivity contribution < 1.29 is 22.4 Å². The van der Waals surface area contributed by atoms with E-state index < -0.39 is 27.8 Å². The third kappa shape index (κ3) is 4.41. The van der Waals surface area contributed by atoms with Crippen LogP contribution >= 0.6 is 0 Å². The maximum Gasteiger partial charge on any atom is 0.268 e. The third-order valence-corrected chi connectivity index (χ3v) is 7.76. The topological polar surface area (TPSA) is 109 Å². The Hall–Kier alpha value is -3.46. The van der Waals surface area contributed by atoms with Gasteiger partial charge in [0.2, 0.25) is 5.91 Å². The Kier molecular flexibility index (Phi) is 5.49. The maximum atomic E-state index is 13.2. The second kappa shape index (κ2) is 8.47. The number of hydrogen-bond donors (Lipinski definition) is 1. The van der Waals surface area contributed by atoms with Gasteiger partial charge in [-0.3, -0.25) is 9.59 Å². The number of sulfone groups is 1. The van der Waals surface area contributed by atoms with Gasteiger partial charge in [0.1, 0.15) is 23.1 Å². The van der Waals surface area contributed by atoms with E-state index in [4.69, 9.17) is 4.42 Å². The summed E-state index contributed by atoms with van der Waals surface area (Å²) >= 11 is 0. The lowest BCUT2D eigenvalue weighted by molar-refractivity contribution is -0.133. The van der Waals surface area contributed by atoms with E-state index >= 15 is 0 Å². The minimum Gasteiger partial charge on any atom is -0.459 e. The predicted octanol–water partition coefficient (Wildman–Crippen LogP) is 2.80. The largest absolute Gasteiger partial charge is 0.459 e. The molecule has 0 aliphatic carbocycles.